The van der Waals surface area contributed by atoms with Crippen LogP contribution in [0.2, 0.25) is 0 Å². The Bertz CT molecular complexity index is 611. The number of carbonyl (C=O) groups excluding carboxylic acids is 2. The molecule has 0 bridgehead atoms. The molecule has 1 aliphatic rings. The van der Waals surface area contributed by atoms with Crippen molar-refractivity contribution in [3.8, 4) is 5.75 Å². The van der Waals surface area contributed by atoms with Gasteiger partial charge < -0.3 is 14.8 Å². The number of amides is 1. The van der Waals surface area contributed by atoms with Gasteiger partial charge in [0.1, 0.15) is 5.75 Å². The van der Waals surface area contributed by atoms with Gasteiger partial charge in [-0.25, -0.2) is 0 Å². The third-order valence-electron chi connectivity index (χ3n) is 3.32. The van der Waals surface area contributed by atoms with Gasteiger partial charge in [0.15, 0.2) is 6.61 Å². The Labute approximate surface area is 136 Å². The largest absolute Gasteiger partial charge is 0.573 e. The minimum absolute atomic E-state index is 0.235. The molecular weight excluding hydrogens is 327 g/mol. The van der Waals surface area contributed by atoms with Crippen LogP contribution in [0.1, 0.15) is 19.3 Å². The molecule has 0 saturated carbocycles. The summed E-state index contributed by atoms with van der Waals surface area (Å²) < 4.78 is 44.8. The number of halogens is 3. The molecule has 8 heteroatoms. The summed E-state index contributed by atoms with van der Waals surface area (Å²) in [6.45, 7) is -0.445. The van der Waals surface area contributed by atoms with Crippen LogP contribution in [0.25, 0.3) is 0 Å². The van der Waals surface area contributed by atoms with Crippen LogP contribution >= 0.6 is 0 Å². The van der Waals surface area contributed by atoms with Crippen molar-refractivity contribution in [1.29, 1.82) is 0 Å². The normalized spacial score (nSPS) is 17.2. The molecule has 1 atom stereocenters. The number of hydrogen-bond donors (Lipinski definition) is 1. The van der Waals surface area contributed by atoms with Crippen LogP contribution in [0.4, 0.5) is 18.9 Å². The molecule has 1 aromatic carbocycles. The summed E-state index contributed by atoms with van der Waals surface area (Å²) >= 11 is 0. The average molecular weight is 343 g/mol. The zero-order valence-corrected chi connectivity index (χ0v) is 12.6. The van der Waals surface area contributed by atoms with E-state index in [4.69, 9.17) is 4.74 Å². The highest BCUT2D eigenvalue weighted by atomic mass is 19.4. The van der Waals surface area contributed by atoms with E-state index in [0.29, 0.717) is 12.8 Å². The van der Waals surface area contributed by atoms with E-state index < -0.39 is 30.6 Å². The Morgan fingerprint density at radius 3 is 2.46 bits per heavy atom. The van der Waals surface area contributed by atoms with Crippen LogP contribution < -0.4 is 10.1 Å². The standard InChI is InChI=1S/C16H16F3NO4/c17-16(18,19)24-13-8-6-12(7-9-13)20-14(21)10-23-15(22)11-4-2-1-3-5-11/h1-2,6-9,11H,3-5,10H2,(H,20,21)/t11-/m0/s1. The van der Waals surface area contributed by atoms with E-state index in [1.807, 2.05) is 12.2 Å². The molecule has 0 unspecified atom stereocenters. The Morgan fingerprint density at radius 1 is 1.17 bits per heavy atom. The van der Waals surface area contributed by atoms with Gasteiger partial charge in [0.25, 0.3) is 5.91 Å². The van der Waals surface area contributed by atoms with E-state index in [9.17, 15) is 22.8 Å². The first kappa shape index (κ1) is 17.8. The number of rotatable bonds is 5. The third-order valence-corrected chi connectivity index (χ3v) is 3.32. The van der Waals surface area contributed by atoms with Crippen molar-refractivity contribution in [2.45, 2.75) is 25.6 Å². The predicted molar refractivity (Wildman–Crippen MR) is 79.2 cm³/mol. The lowest BCUT2D eigenvalue weighted by molar-refractivity contribution is -0.274. The fourth-order valence-electron chi connectivity index (χ4n) is 2.20. The first-order valence-electron chi connectivity index (χ1n) is 7.31. The quantitative estimate of drug-likeness (QED) is 0.657. The summed E-state index contributed by atoms with van der Waals surface area (Å²) in [7, 11) is 0. The molecule has 0 spiro atoms. The molecule has 2 rings (SSSR count). The van der Waals surface area contributed by atoms with Crippen LogP contribution in [-0.4, -0.2) is 24.8 Å². The number of esters is 1. The number of ether oxygens (including phenoxy) is 2. The van der Waals surface area contributed by atoms with Crippen LogP contribution in [0.3, 0.4) is 0 Å². The molecule has 5 nitrogen and oxygen atoms in total. The van der Waals surface area contributed by atoms with Gasteiger partial charge >= 0.3 is 12.3 Å². The summed E-state index contributed by atoms with van der Waals surface area (Å²) in [6.07, 6.45) is 1.22. The second kappa shape index (κ2) is 7.85. The van der Waals surface area contributed by atoms with Gasteiger partial charge in [0.2, 0.25) is 0 Å². The predicted octanol–water partition coefficient (Wildman–Crippen LogP) is 3.42. The maximum atomic E-state index is 12.0. The smallest absolute Gasteiger partial charge is 0.455 e. The Hall–Kier alpha value is -2.51. The second-order valence-corrected chi connectivity index (χ2v) is 5.21. The number of nitrogens with one attached hydrogen (secondary N) is 1. The fraction of sp³-hybridized carbons (Fsp3) is 0.375. The van der Waals surface area contributed by atoms with E-state index in [-0.39, 0.29) is 11.6 Å². The highest BCUT2D eigenvalue weighted by Gasteiger charge is 2.31. The number of carbonyl (C=O) groups is 2. The summed E-state index contributed by atoms with van der Waals surface area (Å²) in [6, 6.07) is 4.66. The van der Waals surface area contributed by atoms with Crippen LogP contribution in [0.15, 0.2) is 36.4 Å². The molecule has 1 N–H and O–H groups in total. The molecule has 0 fully saturated rings. The maximum absolute atomic E-state index is 12.0. The molecule has 1 aliphatic carbocycles. The van der Waals surface area contributed by atoms with E-state index in [2.05, 4.69) is 10.1 Å². The van der Waals surface area contributed by atoms with E-state index in [1.54, 1.807) is 0 Å². The van der Waals surface area contributed by atoms with Crippen molar-refractivity contribution >= 4 is 17.6 Å². The summed E-state index contributed by atoms with van der Waals surface area (Å²) in [5.74, 6) is -1.62. The Morgan fingerprint density at radius 2 is 1.88 bits per heavy atom. The monoisotopic (exact) mass is 343 g/mol. The first-order valence-corrected chi connectivity index (χ1v) is 7.31. The SMILES string of the molecule is O=C(COC(=O)[C@H]1CC=CCC1)Nc1ccc(OC(F)(F)F)cc1. The van der Waals surface area contributed by atoms with Crippen LogP contribution in [-0.2, 0) is 14.3 Å². The lowest BCUT2D eigenvalue weighted by Crippen LogP contribution is -2.25. The molecule has 130 valence electrons. The minimum Gasteiger partial charge on any atom is -0.455 e. The van der Waals surface area contributed by atoms with Crippen molar-refractivity contribution in [1.82, 2.24) is 0 Å². The Kier molecular flexibility index (Phi) is 5.83. The van der Waals surface area contributed by atoms with Crippen molar-refractivity contribution in [2.24, 2.45) is 5.92 Å². The molecule has 0 aromatic heterocycles. The lowest BCUT2D eigenvalue weighted by Gasteiger charge is -2.16. The van der Waals surface area contributed by atoms with Crippen LogP contribution in [0.5, 0.6) is 5.75 Å². The molecule has 0 aliphatic heterocycles. The van der Waals surface area contributed by atoms with Crippen molar-refractivity contribution < 1.29 is 32.2 Å². The van der Waals surface area contributed by atoms with Gasteiger partial charge in [-0.1, -0.05) is 12.2 Å². The van der Waals surface area contributed by atoms with E-state index >= 15 is 0 Å². The second-order valence-electron chi connectivity index (χ2n) is 5.21. The molecule has 1 aromatic rings. The molecule has 0 saturated heterocycles. The van der Waals surface area contributed by atoms with Crippen LogP contribution in [0, 0.1) is 5.92 Å². The highest BCUT2D eigenvalue weighted by Crippen LogP contribution is 2.24. The lowest BCUT2D eigenvalue weighted by atomic mass is 9.95. The van der Waals surface area contributed by atoms with Gasteiger partial charge in [-0.15, -0.1) is 13.2 Å². The van der Waals surface area contributed by atoms with Gasteiger partial charge in [-0.2, -0.15) is 0 Å². The van der Waals surface area contributed by atoms with Gasteiger partial charge in [0, 0.05) is 5.69 Å². The van der Waals surface area contributed by atoms with Gasteiger partial charge in [-0.3, -0.25) is 9.59 Å². The molecule has 0 radical (unpaired) electrons. The third kappa shape index (κ3) is 5.94. The average Bonchev–Trinajstić information content (AvgIpc) is 2.54. The maximum Gasteiger partial charge on any atom is 0.573 e. The molecule has 1 amide bonds. The van der Waals surface area contributed by atoms with Crippen molar-refractivity contribution in [3.05, 3.63) is 36.4 Å². The van der Waals surface area contributed by atoms with Gasteiger partial charge in [-0.05, 0) is 43.5 Å². The molecular formula is C16H16F3NO4. The summed E-state index contributed by atoms with van der Waals surface area (Å²) in [5.41, 5.74) is 0.270. The number of allylic oxidation sites excluding steroid dienone is 2. The Balaban J connectivity index is 1.77. The molecule has 0 heterocycles. The first-order chi connectivity index (χ1) is 11.3. The zero-order valence-electron chi connectivity index (χ0n) is 12.6. The number of alkyl halides is 3. The van der Waals surface area contributed by atoms with Crippen molar-refractivity contribution in [3.63, 3.8) is 0 Å². The topological polar surface area (TPSA) is 64.6 Å². The summed E-state index contributed by atoms with van der Waals surface area (Å²) in [5, 5.41) is 2.42. The van der Waals surface area contributed by atoms with Crippen molar-refractivity contribution in [2.75, 3.05) is 11.9 Å². The number of hydrogen-bond acceptors (Lipinski definition) is 4. The minimum atomic E-state index is -4.77. The van der Waals surface area contributed by atoms with Gasteiger partial charge in [0.05, 0.1) is 5.92 Å². The zero-order chi connectivity index (χ0) is 17.6. The van der Waals surface area contributed by atoms with E-state index in [0.717, 1.165) is 18.6 Å². The number of benzene rings is 1. The summed E-state index contributed by atoms with van der Waals surface area (Å²) in [4.78, 5) is 23.5. The highest BCUT2D eigenvalue weighted by molar-refractivity contribution is 5.92. The molecule has 24 heavy (non-hydrogen) atoms. The van der Waals surface area contributed by atoms with E-state index in [1.165, 1.54) is 12.1 Å². The number of anilines is 1. The fourth-order valence-corrected chi connectivity index (χ4v) is 2.20.